The van der Waals surface area contributed by atoms with Crippen LogP contribution in [0.5, 0.6) is 0 Å². The summed E-state index contributed by atoms with van der Waals surface area (Å²) in [6.07, 6.45) is 14.2. The molecule has 0 aliphatic heterocycles. The van der Waals surface area contributed by atoms with E-state index in [1.165, 1.54) is 57.8 Å². The molecule has 4 aliphatic carbocycles. The maximum absolute atomic E-state index is 11.1. The van der Waals surface area contributed by atoms with Gasteiger partial charge in [-0.15, -0.1) is 0 Å². The number of aliphatic hydroxyl groups is 1. The first-order valence-corrected chi connectivity index (χ1v) is 11.6. The Kier molecular flexibility index (Phi) is 5.44. The van der Waals surface area contributed by atoms with Crippen molar-refractivity contribution in [2.24, 2.45) is 34.5 Å². The van der Waals surface area contributed by atoms with Crippen molar-refractivity contribution in [3.63, 3.8) is 0 Å². The first kappa shape index (κ1) is 20.2. The molecule has 2 bridgehead atoms. The topological polar surface area (TPSA) is 38.7 Å². The fourth-order valence-corrected chi connectivity index (χ4v) is 8.61. The molecular weight excluding hydrogens is 336 g/mol. The Morgan fingerprint density at radius 1 is 0.926 bits per heavy atom. The van der Waals surface area contributed by atoms with E-state index in [2.05, 4.69) is 13.8 Å². The second kappa shape index (κ2) is 7.29. The molecule has 0 heterocycles. The highest BCUT2D eigenvalue weighted by Gasteiger charge is 2.59. The zero-order valence-electron chi connectivity index (χ0n) is 18.1. The third-order valence-electron chi connectivity index (χ3n) is 9.77. The molecule has 0 aromatic rings. The molecule has 156 valence electrons. The molecule has 8 atom stereocenters. The van der Waals surface area contributed by atoms with Gasteiger partial charge in [-0.05, 0) is 98.7 Å². The van der Waals surface area contributed by atoms with Crippen molar-refractivity contribution >= 4 is 0 Å². The van der Waals surface area contributed by atoms with Gasteiger partial charge in [0.2, 0.25) is 0 Å². The number of rotatable bonds is 3. The van der Waals surface area contributed by atoms with Crippen LogP contribution in [-0.2, 0) is 9.47 Å². The van der Waals surface area contributed by atoms with Gasteiger partial charge in [-0.3, -0.25) is 0 Å². The van der Waals surface area contributed by atoms with E-state index in [-0.39, 0.29) is 0 Å². The van der Waals surface area contributed by atoms with Crippen molar-refractivity contribution in [1.29, 1.82) is 0 Å². The zero-order valence-corrected chi connectivity index (χ0v) is 18.1. The Morgan fingerprint density at radius 3 is 2.44 bits per heavy atom. The van der Waals surface area contributed by atoms with Gasteiger partial charge in [-0.25, -0.2) is 0 Å². The molecule has 1 N–H and O–H groups in total. The maximum Gasteiger partial charge on any atom is 0.0882 e. The number of hydrogen-bond acceptors (Lipinski definition) is 3. The van der Waals surface area contributed by atoms with E-state index >= 15 is 0 Å². The number of ether oxygens (including phenoxy) is 2. The highest BCUT2D eigenvalue weighted by atomic mass is 16.5. The van der Waals surface area contributed by atoms with E-state index in [9.17, 15) is 5.11 Å². The number of fused-ring (bicyclic) bond motifs is 6. The lowest BCUT2D eigenvalue weighted by Gasteiger charge is -2.61. The highest BCUT2D eigenvalue weighted by molar-refractivity contribution is 5.09. The van der Waals surface area contributed by atoms with Crippen molar-refractivity contribution in [3.8, 4) is 0 Å². The van der Waals surface area contributed by atoms with Gasteiger partial charge < -0.3 is 14.6 Å². The quantitative estimate of drug-likeness (QED) is 0.733. The van der Waals surface area contributed by atoms with E-state index < -0.39 is 5.60 Å². The summed E-state index contributed by atoms with van der Waals surface area (Å²) in [7, 11) is 3.67. The van der Waals surface area contributed by atoms with Crippen LogP contribution in [0.1, 0.15) is 84.5 Å². The van der Waals surface area contributed by atoms with E-state index in [4.69, 9.17) is 9.47 Å². The van der Waals surface area contributed by atoms with Crippen molar-refractivity contribution in [2.75, 3.05) is 20.8 Å². The van der Waals surface area contributed by atoms with Crippen molar-refractivity contribution < 1.29 is 14.6 Å². The first-order chi connectivity index (χ1) is 12.8. The molecule has 0 spiro atoms. The predicted octanol–water partition coefficient (Wildman–Crippen LogP) is 5.20. The standard InChI is InChI=1S/C24H42O3/c1-22-11-8-17-14-18(9-13-24(25,15-17)16-26-3)19(22)10-12-23(2)20(22)6-5-7-21(23)27-4/h17-21,25H,5-16H2,1-4H3/t17-,18+,19-,20+,21+,22-,23+,24-/m1/s1. The number of methoxy groups -OCH3 is 2. The zero-order chi connectivity index (χ0) is 19.3. The minimum atomic E-state index is -0.586. The van der Waals surface area contributed by atoms with Gasteiger partial charge in [-0.1, -0.05) is 20.3 Å². The minimum absolute atomic E-state index is 0.365. The molecule has 0 aromatic carbocycles. The molecule has 4 fully saturated rings. The SMILES string of the molecule is COC[C@@]1(O)CC[C@H]2C[C@@H](CC[C@@]3(C)[C@@H]4CCC[C@H](OC)[C@@]4(C)CC[C@H]23)C1. The molecule has 0 aromatic heterocycles. The molecular formula is C24H42O3. The van der Waals surface area contributed by atoms with Gasteiger partial charge in [0.1, 0.15) is 0 Å². The van der Waals surface area contributed by atoms with E-state index in [1.54, 1.807) is 7.11 Å². The lowest BCUT2D eigenvalue weighted by Crippen LogP contribution is -2.56. The van der Waals surface area contributed by atoms with Gasteiger partial charge in [0, 0.05) is 14.2 Å². The van der Waals surface area contributed by atoms with Crippen LogP contribution in [0, 0.1) is 34.5 Å². The van der Waals surface area contributed by atoms with Crippen LogP contribution >= 0.6 is 0 Å². The van der Waals surface area contributed by atoms with Gasteiger partial charge in [0.15, 0.2) is 0 Å². The van der Waals surface area contributed by atoms with Crippen LogP contribution in [0.2, 0.25) is 0 Å². The summed E-state index contributed by atoms with van der Waals surface area (Å²) in [5.74, 6) is 3.11. The van der Waals surface area contributed by atoms with Crippen LogP contribution in [0.4, 0.5) is 0 Å². The Balaban J connectivity index is 1.61. The Morgan fingerprint density at radius 2 is 1.70 bits per heavy atom. The minimum Gasteiger partial charge on any atom is -0.387 e. The van der Waals surface area contributed by atoms with Crippen LogP contribution in [-0.4, -0.2) is 37.6 Å². The lowest BCUT2D eigenvalue weighted by atomic mass is 9.45. The van der Waals surface area contributed by atoms with Gasteiger partial charge in [0.05, 0.1) is 18.3 Å². The summed E-state index contributed by atoms with van der Waals surface area (Å²) in [5.41, 5.74) is 0.237. The third-order valence-corrected chi connectivity index (χ3v) is 9.77. The highest BCUT2D eigenvalue weighted by Crippen LogP contribution is 2.66. The summed E-state index contributed by atoms with van der Waals surface area (Å²) in [6.45, 7) is 5.71. The fraction of sp³-hybridized carbons (Fsp3) is 1.00. The third kappa shape index (κ3) is 3.30. The van der Waals surface area contributed by atoms with Gasteiger partial charge in [0.25, 0.3) is 0 Å². The summed E-state index contributed by atoms with van der Waals surface area (Å²) in [5, 5.41) is 11.1. The molecule has 0 unspecified atom stereocenters. The Labute approximate surface area is 166 Å². The Bertz CT molecular complexity index is 536. The smallest absolute Gasteiger partial charge is 0.0882 e. The van der Waals surface area contributed by atoms with Crippen molar-refractivity contribution in [3.05, 3.63) is 0 Å². The van der Waals surface area contributed by atoms with Gasteiger partial charge in [-0.2, -0.15) is 0 Å². The largest absolute Gasteiger partial charge is 0.387 e. The molecule has 3 heteroatoms. The van der Waals surface area contributed by atoms with E-state index in [0.717, 1.165) is 30.6 Å². The lowest BCUT2D eigenvalue weighted by molar-refractivity contribution is -0.164. The number of hydrogen-bond donors (Lipinski definition) is 1. The van der Waals surface area contributed by atoms with Crippen molar-refractivity contribution in [1.82, 2.24) is 0 Å². The monoisotopic (exact) mass is 378 g/mol. The average molecular weight is 379 g/mol. The van der Waals surface area contributed by atoms with Crippen LogP contribution in [0.15, 0.2) is 0 Å². The van der Waals surface area contributed by atoms with Crippen LogP contribution in [0.3, 0.4) is 0 Å². The average Bonchev–Trinajstić information content (AvgIpc) is 2.87. The molecule has 3 nitrogen and oxygen atoms in total. The second-order valence-electron chi connectivity index (χ2n) is 11.2. The summed E-state index contributed by atoms with van der Waals surface area (Å²) >= 11 is 0. The fourth-order valence-electron chi connectivity index (χ4n) is 8.61. The molecule has 0 saturated heterocycles. The second-order valence-corrected chi connectivity index (χ2v) is 11.2. The first-order valence-electron chi connectivity index (χ1n) is 11.6. The van der Waals surface area contributed by atoms with Crippen LogP contribution < -0.4 is 0 Å². The molecule has 4 aliphatic rings. The van der Waals surface area contributed by atoms with Crippen molar-refractivity contribution in [2.45, 2.75) is 96.2 Å². The van der Waals surface area contributed by atoms with E-state index in [1.807, 2.05) is 7.11 Å². The summed E-state index contributed by atoms with van der Waals surface area (Å²) in [6, 6.07) is 0. The Hall–Kier alpha value is -0.120. The summed E-state index contributed by atoms with van der Waals surface area (Å²) in [4.78, 5) is 0. The molecule has 27 heavy (non-hydrogen) atoms. The van der Waals surface area contributed by atoms with Crippen LogP contribution in [0.25, 0.3) is 0 Å². The molecule has 4 rings (SSSR count). The van der Waals surface area contributed by atoms with E-state index in [0.29, 0.717) is 29.5 Å². The molecule has 0 radical (unpaired) electrons. The summed E-state index contributed by atoms with van der Waals surface area (Å²) < 4.78 is 11.4. The predicted molar refractivity (Wildman–Crippen MR) is 109 cm³/mol. The molecule has 0 amide bonds. The maximum atomic E-state index is 11.1. The van der Waals surface area contributed by atoms with Gasteiger partial charge >= 0.3 is 0 Å². The normalized spacial score (nSPS) is 53.0. The molecule has 4 saturated carbocycles.